The molecule has 0 saturated carbocycles. The second-order valence-electron chi connectivity index (χ2n) is 5.94. The number of rotatable bonds is 6. The van der Waals surface area contributed by atoms with E-state index in [1.54, 1.807) is 6.20 Å². The van der Waals surface area contributed by atoms with E-state index in [2.05, 4.69) is 25.8 Å². The van der Waals surface area contributed by atoms with Crippen LogP contribution in [0.2, 0.25) is 0 Å². The Balaban J connectivity index is 1.77. The molecule has 0 spiro atoms. The molecule has 0 fully saturated rings. The van der Waals surface area contributed by atoms with E-state index in [0.29, 0.717) is 11.8 Å². The van der Waals surface area contributed by atoms with Crippen LogP contribution in [0.15, 0.2) is 54.7 Å². The van der Waals surface area contributed by atoms with E-state index in [9.17, 15) is 0 Å². The first kappa shape index (κ1) is 16.7. The highest BCUT2D eigenvalue weighted by Gasteiger charge is 2.07. The number of ether oxygens (including phenoxy) is 1. The van der Waals surface area contributed by atoms with Gasteiger partial charge in [0.1, 0.15) is 5.75 Å². The van der Waals surface area contributed by atoms with Gasteiger partial charge in [0.25, 0.3) is 0 Å². The zero-order valence-corrected chi connectivity index (χ0v) is 14.5. The summed E-state index contributed by atoms with van der Waals surface area (Å²) in [6.45, 7) is 6.03. The summed E-state index contributed by atoms with van der Waals surface area (Å²) in [5.74, 6) is 1.78. The number of hydrogen-bond acceptors (Lipinski definition) is 6. The summed E-state index contributed by atoms with van der Waals surface area (Å²) in [6.07, 6.45) is 1.66. The van der Waals surface area contributed by atoms with E-state index in [-0.39, 0.29) is 6.10 Å². The van der Waals surface area contributed by atoms with E-state index >= 15 is 0 Å². The van der Waals surface area contributed by atoms with Gasteiger partial charge in [0.2, 0.25) is 5.95 Å². The molecule has 0 bridgehead atoms. The van der Waals surface area contributed by atoms with Gasteiger partial charge in [0.15, 0.2) is 5.82 Å². The highest BCUT2D eigenvalue weighted by Crippen LogP contribution is 2.27. The van der Waals surface area contributed by atoms with Crippen LogP contribution in [-0.2, 0) is 0 Å². The van der Waals surface area contributed by atoms with Crippen molar-refractivity contribution in [2.75, 3.05) is 10.6 Å². The van der Waals surface area contributed by atoms with Gasteiger partial charge in [-0.05, 0) is 45.0 Å². The lowest BCUT2D eigenvalue weighted by Gasteiger charge is -2.15. The molecule has 1 heterocycles. The van der Waals surface area contributed by atoms with Gasteiger partial charge in [-0.2, -0.15) is 10.1 Å². The van der Waals surface area contributed by atoms with Crippen LogP contribution in [0.25, 0.3) is 0 Å². The summed E-state index contributed by atoms with van der Waals surface area (Å²) in [6, 6.07) is 15.7. The van der Waals surface area contributed by atoms with Crippen molar-refractivity contribution in [1.29, 1.82) is 0 Å². The third kappa shape index (κ3) is 4.67. The summed E-state index contributed by atoms with van der Waals surface area (Å²) >= 11 is 0. The van der Waals surface area contributed by atoms with Gasteiger partial charge in [0, 0.05) is 5.69 Å². The van der Waals surface area contributed by atoms with E-state index in [4.69, 9.17) is 4.74 Å². The van der Waals surface area contributed by atoms with Crippen molar-refractivity contribution in [3.63, 3.8) is 0 Å². The molecule has 2 aromatic carbocycles. The normalized spacial score (nSPS) is 10.6. The van der Waals surface area contributed by atoms with Crippen molar-refractivity contribution in [3.05, 3.63) is 60.3 Å². The number of anilines is 4. The maximum absolute atomic E-state index is 5.81. The van der Waals surface area contributed by atoms with Crippen molar-refractivity contribution in [1.82, 2.24) is 15.2 Å². The molecule has 6 nitrogen and oxygen atoms in total. The molecule has 25 heavy (non-hydrogen) atoms. The Hall–Kier alpha value is -3.15. The zero-order chi connectivity index (χ0) is 17.6. The molecule has 6 heteroatoms. The van der Waals surface area contributed by atoms with Gasteiger partial charge < -0.3 is 15.4 Å². The van der Waals surface area contributed by atoms with Crippen LogP contribution in [0, 0.1) is 6.92 Å². The molecule has 0 atom stereocenters. The summed E-state index contributed by atoms with van der Waals surface area (Å²) in [5, 5.41) is 14.4. The second kappa shape index (κ2) is 7.61. The average molecular weight is 335 g/mol. The van der Waals surface area contributed by atoms with E-state index < -0.39 is 0 Å². The lowest BCUT2D eigenvalue weighted by atomic mass is 10.2. The number of aromatic nitrogens is 3. The second-order valence-corrected chi connectivity index (χ2v) is 5.94. The minimum Gasteiger partial charge on any atom is -0.489 e. The third-order valence-corrected chi connectivity index (χ3v) is 3.38. The van der Waals surface area contributed by atoms with Gasteiger partial charge in [-0.25, -0.2) is 0 Å². The summed E-state index contributed by atoms with van der Waals surface area (Å²) < 4.78 is 5.81. The SMILES string of the molecule is Cc1ccc(Nc2nncc(Nc3ccccc3OC(C)C)n2)cc1. The first-order valence-corrected chi connectivity index (χ1v) is 8.16. The molecule has 2 N–H and O–H groups in total. The average Bonchev–Trinajstić information content (AvgIpc) is 2.59. The Bertz CT molecular complexity index is 833. The summed E-state index contributed by atoms with van der Waals surface area (Å²) in [7, 11) is 0. The standard InChI is InChI=1S/C19H21N5O/c1-13(2)25-17-7-5-4-6-16(17)22-18-12-20-24-19(23-18)21-15-10-8-14(3)9-11-15/h4-13H,1-3H3,(H2,21,22,23,24). The van der Waals surface area contributed by atoms with E-state index in [1.165, 1.54) is 5.56 Å². The number of para-hydroxylation sites is 2. The Morgan fingerprint density at radius 3 is 2.48 bits per heavy atom. The highest BCUT2D eigenvalue weighted by molar-refractivity contribution is 5.64. The molecular weight excluding hydrogens is 314 g/mol. The third-order valence-electron chi connectivity index (χ3n) is 3.38. The van der Waals surface area contributed by atoms with Crippen molar-refractivity contribution >= 4 is 23.1 Å². The molecule has 0 unspecified atom stereocenters. The Kier molecular flexibility index (Phi) is 5.09. The van der Waals surface area contributed by atoms with Crippen molar-refractivity contribution < 1.29 is 4.74 Å². The van der Waals surface area contributed by atoms with Crippen LogP contribution in [0.1, 0.15) is 19.4 Å². The van der Waals surface area contributed by atoms with Gasteiger partial charge in [-0.3, -0.25) is 0 Å². The maximum atomic E-state index is 5.81. The maximum Gasteiger partial charge on any atom is 0.249 e. The summed E-state index contributed by atoms with van der Waals surface area (Å²) in [5.41, 5.74) is 2.94. The van der Waals surface area contributed by atoms with Crippen molar-refractivity contribution in [2.24, 2.45) is 0 Å². The fourth-order valence-corrected chi connectivity index (χ4v) is 2.25. The topological polar surface area (TPSA) is 72.0 Å². The first-order valence-electron chi connectivity index (χ1n) is 8.16. The predicted octanol–water partition coefficient (Wildman–Crippen LogP) is 4.45. The van der Waals surface area contributed by atoms with Gasteiger partial charge in [0.05, 0.1) is 18.0 Å². The zero-order valence-electron chi connectivity index (χ0n) is 14.5. The minimum absolute atomic E-state index is 0.0882. The lowest BCUT2D eigenvalue weighted by molar-refractivity contribution is 0.244. The molecule has 0 radical (unpaired) electrons. The largest absolute Gasteiger partial charge is 0.489 e. The number of benzene rings is 2. The molecule has 3 rings (SSSR count). The van der Waals surface area contributed by atoms with Gasteiger partial charge >= 0.3 is 0 Å². The molecule has 0 saturated heterocycles. The van der Waals surface area contributed by atoms with Crippen molar-refractivity contribution in [3.8, 4) is 5.75 Å². The molecule has 3 aromatic rings. The molecule has 1 aromatic heterocycles. The predicted molar refractivity (Wildman–Crippen MR) is 99.8 cm³/mol. The number of nitrogens with zero attached hydrogens (tertiary/aromatic N) is 3. The molecule has 128 valence electrons. The number of nitrogens with one attached hydrogen (secondary N) is 2. The molecule has 0 amide bonds. The van der Waals surface area contributed by atoms with Crippen LogP contribution in [-0.4, -0.2) is 21.3 Å². The molecular formula is C19H21N5O. The first-order chi connectivity index (χ1) is 12.1. The fraction of sp³-hybridized carbons (Fsp3) is 0.211. The smallest absolute Gasteiger partial charge is 0.249 e. The van der Waals surface area contributed by atoms with Crippen LogP contribution >= 0.6 is 0 Å². The minimum atomic E-state index is 0.0882. The van der Waals surface area contributed by atoms with Crippen LogP contribution < -0.4 is 15.4 Å². The number of aryl methyl sites for hydroxylation is 1. The Morgan fingerprint density at radius 1 is 0.960 bits per heavy atom. The molecule has 0 aliphatic heterocycles. The summed E-state index contributed by atoms with van der Waals surface area (Å²) in [4.78, 5) is 4.45. The van der Waals surface area contributed by atoms with Crippen LogP contribution in [0.3, 0.4) is 0 Å². The van der Waals surface area contributed by atoms with E-state index in [0.717, 1.165) is 17.1 Å². The highest BCUT2D eigenvalue weighted by atomic mass is 16.5. The van der Waals surface area contributed by atoms with Gasteiger partial charge in [-0.1, -0.05) is 29.8 Å². The monoisotopic (exact) mass is 335 g/mol. The molecule has 0 aliphatic carbocycles. The molecule has 0 aliphatic rings. The lowest BCUT2D eigenvalue weighted by Crippen LogP contribution is -2.08. The Labute approximate surface area is 147 Å². The number of hydrogen-bond donors (Lipinski definition) is 2. The van der Waals surface area contributed by atoms with Gasteiger partial charge in [-0.15, -0.1) is 5.10 Å². The van der Waals surface area contributed by atoms with Crippen LogP contribution in [0.5, 0.6) is 5.75 Å². The fourth-order valence-electron chi connectivity index (χ4n) is 2.25. The van der Waals surface area contributed by atoms with E-state index in [1.807, 2.05) is 69.3 Å². The Morgan fingerprint density at radius 2 is 1.72 bits per heavy atom. The quantitative estimate of drug-likeness (QED) is 0.693. The van der Waals surface area contributed by atoms with Crippen LogP contribution in [0.4, 0.5) is 23.1 Å². The van der Waals surface area contributed by atoms with Crippen molar-refractivity contribution in [2.45, 2.75) is 26.9 Å².